The lowest BCUT2D eigenvalue weighted by Gasteiger charge is -2.10. The van der Waals surface area contributed by atoms with Gasteiger partial charge in [0.05, 0.1) is 12.1 Å². The Labute approximate surface area is 147 Å². The number of nitrogens with one attached hydrogen (secondary N) is 2. The quantitative estimate of drug-likeness (QED) is 0.675. The average Bonchev–Trinajstić information content (AvgIpc) is 2.59. The third-order valence-electron chi connectivity index (χ3n) is 3.28. The molecule has 0 atom stereocenters. The Morgan fingerprint density at radius 3 is 2.48 bits per heavy atom. The van der Waals surface area contributed by atoms with Gasteiger partial charge in [0, 0.05) is 11.9 Å². The molecule has 3 aromatic rings. The van der Waals surface area contributed by atoms with Crippen LogP contribution in [0.3, 0.4) is 0 Å². The summed E-state index contributed by atoms with van der Waals surface area (Å²) in [5.74, 6) is -0.409. The van der Waals surface area contributed by atoms with Crippen LogP contribution >= 0.6 is 11.6 Å². The monoisotopic (exact) mass is 362 g/mol. The van der Waals surface area contributed by atoms with Crippen molar-refractivity contribution >= 4 is 34.7 Å². The lowest BCUT2D eigenvalue weighted by Crippen LogP contribution is -2.02. The molecule has 2 N–H and O–H groups in total. The van der Waals surface area contributed by atoms with Crippen LogP contribution in [0.25, 0.3) is 0 Å². The van der Waals surface area contributed by atoms with Crippen LogP contribution in [-0.2, 0) is 0 Å². The minimum Gasteiger partial charge on any atom is -0.495 e. The molecule has 128 valence electrons. The number of hydrogen-bond donors (Lipinski definition) is 2. The van der Waals surface area contributed by atoms with Crippen molar-refractivity contribution in [1.82, 2.24) is 9.97 Å². The van der Waals surface area contributed by atoms with E-state index in [4.69, 9.17) is 16.3 Å². The zero-order chi connectivity index (χ0) is 17.8. The maximum atomic E-state index is 13.7. The van der Waals surface area contributed by atoms with Gasteiger partial charge in [-0.2, -0.15) is 4.98 Å². The second-order valence-electron chi connectivity index (χ2n) is 4.96. The highest BCUT2D eigenvalue weighted by atomic mass is 35.5. The van der Waals surface area contributed by atoms with Crippen molar-refractivity contribution in [3.8, 4) is 5.75 Å². The zero-order valence-electron chi connectivity index (χ0n) is 13.1. The number of methoxy groups -OCH3 is 1. The lowest BCUT2D eigenvalue weighted by molar-refractivity contribution is 0.415. The van der Waals surface area contributed by atoms with Gasteiger partial charge in [-0.15, -0.1) is 0 Å². The van der Waals surface area contributed by atoms with Gasteiger partial charge in [0.1, 0.15) is 28.9 Å². The van der Waals surface area contributed by atoms with Gasteiger partial charge < -0.3 is 15.4 Å². The first-order valence-electron chi connectivity index (χ1n) is 7.21. The maximum absolute atomic E-state index is 13.7. The van der Waals surface area contributed by atoms with Gasteiger partial charge in [-0.05, 0) is 36.4 Å². The topological polar surface area (TPSA) is 59.1 Å². The number of aromatic nitrogens is 2. The molecule has 3 rings (SSSR count). The molecule has 2 aromatic carbocycles. The summed E-state index contributed by atoms with van der Waals surface area (Å²) in [6.45, 7) is 0. The van der Waals surface area contributed by atoms with Crippen molar-refractivity contribution in [1.29, 1.82) is 0 Å². The lowest BCUT2D eigenvalue weighted by atomic mass is 10.3. The van der Waals surface area contributed by atoms with Gasteiger partial charge in [0.15, 0.2) is 0 Å². The fraction of sp³-hybridized carbons (Fsp3) is 0.0588. The Balaban J connectivity index is 1.81. The van der Waals surface area contributed by atoms with Gasteiger partial charge in [0.25, 0.3) is 0 Å². The van der Waals surface area contributed by atoms with Gasteiger partial charge in [-0.1, -0.05) is 17.7 Å². The van der Waals surface area contributed by atoms with Crippen LogP contribution in [0.5, 0.6) is 5.75 Å². The third kappa shape index (κ3) is 3.95. The Kier molecular flexibility index (Phi) is 4.95. The highest BCUT2D eigenvalue weighted by Crippen LogP contribution is 2.28. The van der Waals surface area contributed by atoms with Crippen LogP contribution in [0.15, 0.2) is 48.7 Å². The van der Waals surface area contributed by atoms with Crippen LogP contribution in [-0.4, -0.2) is 17.1 Å². The second kappa shape index (κ2) is 7.31. The summed E-state index contributed by atoms with van der Waals surface area (Å²) < 4.78 is 32.5. The van der Waals surface area contributed by atoms with E-state index in [1.807, 2.05) is 0 Å². The molecule has 0 bridgehead atoms. The van der Waals surface area contributed by atoms with E-state index in [1.54, 1.807) is 18.2 Å². The molecule has 0 aliphatic heterocycles. The summed E-state index contributed by atoms with van der Waals surface area (Å²) in [6, 6.07) is 10.2. The summed E-state index contributed by atoms with van der Waals surface area (Å²) in [4.78, 5) is 8.25. The number of hydrogen-bond acceptors (Lipinski definition) is 5. The molecule has 0 unspecified atom stereocenters. The maximum Gasteiger partial charge on any atom is 0.229 e. The molecule has 0 aliphatic rings. The number of anilines is 4. The van der Waals surface area contributed by atoms with E-state index in [0.717, 1.165) is 12.1 Å². The van der Waals surface area contributed by atoms with Gasteiger partial charge in [-0.3, -0.25) is 0 Å². The van der Waals surface area contributed by atoms with Crippen LogP contribution in [0.4, 0.5) is 31.9 Å². The molecule has 1 aromatic heterocycles. The third-order valence-corrected chi connectivity index (χ3v) is 3.57. The van der Waals surface area contributed by atoms with Crippen LogP contribution in [0, 0.1) is 11.6 Å². The van der Waals surface area contributed by atoms with E-state index in [9.17, 15) is 8.78 Å². The number of ether oxygens (including phenoxy) is 1. The van der Waals surface area contributed by atoms with E-state index in [2.05, 4.69) is 20.6 Å². The molecule has 5 nitrogen and oxygen atoms in total. The molecule has 0 aliphatic carbocycles. The average molecular weight is 363 g/mol. The Morgan fingerprint density at radius 1 is 1.04 bits per heavy atom. The number of nitrogens with zero attached hydrogens (tertiary/aromatic N) is 2. The highest BCUT2D eigenvalue weighted by Gasteiger charge is 2.10. The standard InChI is InChI=1S/C17H13ClF2N4O/c1-25-14-6-5-10(9-11(14)18)22-17-21-8-7-15(24-17)23-16-12(19)3-2-4-13(16)20/h2-9H,1H3,(H2,21,22,23,24). The summed E-state index contributed by atoms with van der Waals surface area (Å²) in [6.07, 6.45) is 1.46. The predicted octanol–water partition coefficient (Wildman–Crippen LogP) is 4.90. The summed E-state index contributed by atoms with van der Waals surface area (Å²) >= 11 is 6.07. The van der Waals surface area contributed by atoms with Crippen molar-refractivity contribution in [2.45, 2.75) is 0 Å². The Hall–Kier alpha value is -2.93. The van der Waals surface area contributed by atoms with Crippen LogP contribution < -0.4 is 15.4 Å². The Bertz CT molecular complexity index is 887. The predicted molar refractivity (Wildman–Crippen MR) is 93.0 cm³/mol. The molecule has 25 heavy (non-hydrogen) atoms. The van der Waals surface area contributed by atoms with Gasteiger partial charge >= 0.3 is 0 Å². The number of benzene rings is 2. The van der Waals surface area contributed by atoms with E-state index >= 15 is 0 Å². The molecule has 1 heterocycles. The molecular weight excluding hydrogens is 350 g/mol. The van der Waals surface area contributed by atoms with E-state index in [0.29, 0.717) is 16.5 Å². The fourth-order valence-corrected chi connectivity index (χ4v) is 2.36. The first kappa shape index (κ1) is 16.9. The highest BCUT2D eigenvalue weighted by molar-refractivity contribution is 6.32. The number of rotatable bonds is 5. The Morgan fingerprint density at radius 2 is 1.80 bits per heavy atom. The van der Waals surface area contributed by atoms with Crippen LogP contribution in [0.1, 0.15) is 0 Å². The van der Waals surface area contributed by atoms with E-state index in [-0.39, 0.29) is 17.5 Å². The SMILES string of the molecule is COc1ccc(Nc2nccc(Nc3c(F)cccc3F)n2)cc1Cl. The van der Waals surface area contributed by atoms with Crippen molar-refractivity contribution in [3.05, 3.63) is 65.3 Å². The van der Waals surface area contributed by atoms with E-state index < -0.39 is 11.6 Å². The molecule has 8 heteroatoms. The largest absolute Gasteiger partial charge is 0.495 e. The van der Waals surface area contributed by atoms with E-state index in [1.165, 1.54) is 25.4 Å². The molecule has 0 radical (unpaired) electrons. The fourth-order valence-electron chi connectivity index (χ4n) is 2.11. The van der Waals surface area contributed by atoms with Crippen molar-refractivity contribution in [2.75, 3.05) is 17.7 Å². The molecule has 0 fully saturated rings. The van der Waals surface area contributed by atoms with Gasteiger partial charge in [-0.25, -0.2) is 13.8 Å². The normalized spacial score (nSPS) is 10.4. The van der Waals surface area contributed by atoms with Gasteiger partial charge in [0.2, 0.25) is 5.95 Å². The summed E-state index contributed by atoms with van der Waals surface area (Å²) in [5, 5.41) is 6.00. The summed E-state index contributed by atoms with van der Waals surface area (Å²) in [5.41, 5.74) is 0.361. The molecule has 0 saturated heterocycles. The number of para-hydroxylation sites is 1. The summed E-state index contributed by atoms with van der Waals surface area (Å²) in [7, 11) is 1.52. The van der Waals surface area contributed by atoms with Crippen molar-refractivity contribution < 1.29 is 13.5 Å². The zero-order valence-corrected chi connectivity index (χ0v) is 13.8. The first-order chi connectivity index (χ1) is 12.1. The molecule has 0 saturated carbocycles. The van der Waals surface area contributed by atoms with Crippen molar-refractivity contribution in [3.63, 3.8) is 0 Å². The van der Waals surface area contributed by atoms with Crippen LogP contribution in [0.2, 0.25) is 5.02 Å². The van der Waals surface area contributed by atoms with Crippen molar-refractivity contribution in [2.24, 2.45) is 0 Å². The number of halogens is 3. The molecular formula is C17H13ClF2N4O. The molecule has 0 amide bonds. The minimum absolute atomic E-state index is 0.237. The molecule has 0 spiro atoms. The minimum atomic E-state index is -0.713. The smallest absolute Gasteiger partial charge is 0.229 e. The first-order valence-corrected chi connectivity index (χ1v) is 7.59. The second-order valence-corrected chi connectivity index (χ2v) is 5.37.